The molecule has 2 aromatic carbocycles. The fourth-order valence-corrected chi connectivity index (χ4v) is 2.35. The Morgan fingerprint density at radius 3 is 2.56 bits per heavy atom. The number of anilines is 1. The van der Waals surface area contributed by atoms with Gasteiger partial charge in [0.2, 0.25) is 0 Å². The fraction of sp³-hybridized carbons (Fsp3) is 0.333. The lowest BCUT2D eigenvalue weighted by molar-refractivity contribution is -0.119. The van der Waals surface area contributed by atoms with Crippen molar-refractivity contribution in [2.24, 2.45) is 0 Å². The van der Waals surface area contributed by atoms with Crippen molar-refractivity contribution in [1.29, 1.82) is 0 Å². The van der Waals surface area contributed by atoms with Gasteiger partial charge in [-0.05, 0) is 43.2 Å². The van der Waals surface area contributed by atoms with E-state index in [4.69, 9.17) is 14.2 Å². The van der Waals surface area contributed by atoms with Crippen molar-refractivity contribution in [2.45, 2.75) is 26.7 Å². The van der Waals surface area contributed by atoms with Crippen LogP contribution in [0, 0.1) is 6.92 Å². The van der Waals surface area contributed by atoms with Gasteiger partial charge in [0.15, 0.2) is 18.1 Å². The second-order valence-corrected chi connectivity index (χ2v) is 6.01. The summed E-state index contributed by atoms with van der Waals surface area (Å²) in [5.41, 5.74) is 1.91. The molecule has 0 unspecified atom stereocenters. The van der Waals surface area contributed by atoms with E-state index in [1.54, 1.807) is 24.3 Å². The molecule has 6 nitrogen and oxygen atoms in total. The summed E-state index contributed by atoms with van der Waals surface area (Å²) in [5, 5.41) is 2.72. The van der Waals surface area contributed by atoms with E-state index in [1.807, 2.05) is 25.1 Å². The van der Waals surface area contributed by atoms with Crippen molar-refractivity contribution in [3.8, 4) is 11.5 Å². The summed E-state index contributed by atoms with van der Waals surface area (Å²) in [6.07, 6.45) is 1.96. The number of carbonyl (C=O) groups is 2. The van der Waals surface area contributed by atoms with Crippen molar-refractivity contribution in [3.63, 3.8) is 0 Å². The number of para-hydroxylation sites is 1. The molecule has 0 spiro atoms. The number of benzene rings is 2. The van der Waals surface area contributed by atoms with Crippen LogP contribution in [0.4, 0.5) is 5.69 Å². The van der Waals surface area contributed by atoms with Crippen LogP contribution in [0.25, 0.3) is 0 Å². The maximum Gasteiger partial charge on any atom is 0.338 e. The van der Waals surface area contributed by atoms with E-state index in [1.165, 1.54) is 7.11 Å². The van der Waals surface area contributed by atoms with Crippen molar-refractivity contribution < 1.29 is 23.8 Å². The number of rotatable bonds is 9. The molecule has 0 bridgehead atoms. The van der Waals surface area contributed by atoms with Gasteiger partial charge in [0.1, 0.15) is 0 Å². The fourth-order valence-electron chi connectivity index (χ4n) is 2.35. The van der Waals surface area contributed by atoms with E-state index in [0.717, 1.165) is 18.4 Å². The van der Waals surface area contributed by atoms with Gasteiger partial charge in [-0.1, -0.05) is 31.5 Å². The van der Waals surface area contributed by atoms with E-state index >= 15 is 0 Å². The minimum absolute atomic E-state index is 0.290. The molecule has 0 radical (unpaired) electrons. The lowest BCUT2D eigenvalue weighted by Crippen LogP contribution is -2.21. The molecule has 0 saturated carbocycles. The van der Waals surface area contributed by atoms with Crippen molar-refractivity contribution >= 4 is 17.6 Å². The Morgan fingerprint density at radius 1 is 1.07 bits per heavy atom. The van der Waals surface area contributed by atoms with E-state index in [9.17, 15) is 9.59 Å². The lowest BCUT2D eigenvalue weighted by atomic mass is 10.2. The smallest absolute Gasteiger partial charge is 0.338 e. The predicted molar refractivity (Wildman–Crippen MR) is 103 cm³/mol. The standard InChI is InChI=1S/C21H25NO5/c1-4-5-12-26-18-11-10-16(13-19(18)25-3)21(24)27-14-20(23)22-17-9-7-6-8-15(17)2/h6-11,13H,4-5,12,14H2,1-3H3,(H,22,23). The number of hydrogen-bond donors (Lipinski definition) is 1. The number of amides is 1. The highest BCUT2D eigenvalue weighted by Gasteiger charge is 2.14. The minimum Gasteiger partial charge on any atom is -0.493 e. The summed E-state index contributed by atoms with van der Waals surface area (Å²) in [6, 6.07) is 12.2. The third-order valence-electron chi connectivity index (χ3n) is 3.91. The van der Waals surface area contributed by atoms with Crippen LogP contribution >= 0.6 is 0 Å². The number of unbranched alkanes of at least 4 members (excludes halogenated alkanes) is 1. The Hall–Kier alpha value is -3.02. The molecule has 0 aliphatic heterocycles. The second-order valence-electron chi connectivity index (χ2n) is 6.01. The van der Waals surface area contributed by atoms with Gasteiger partial charge < -0.3 is 19.5 Å². The molecule has 0 aliphatic carbocycles. The Bertz CT molecular complexity index is 788. The summed E-state index contributed by atoms with van der Waals surface area (Å²) in [5.74, 6) is 0.0159. The third kappa shape index (κ3) is 6.02. The second kappa shape index (κ2) is 10.2. The normalized spacial score (nSPS) is 10.2. The minimum atomic E-state index is -0.603. The molecule has 0 heterocycles. The zero-order valence-electron chi connectivity index (χ0n) is 15.9. The number of carbonyl (C=O) groups excluding carboxylic acids is 2. The summed E-state index contributed by atoms with van der Waals surface area (Å²) >= 11 is 0. The van der Waals surface area contributed by atoms with Crippen LogP contribution in [-0.4, -0.2) is 32.2 Å². The van der Waals surface area contributed by atoms with Gasteiger partial charge in [0.05, 0.1) is 19.3 Å². The van der Waals surface area contributed by atoms with Crippen LogP contribution in [0.5, 0.6) is 11.5 Å². The molecule has 144 valence electrons. The summed E-state index contributed by atoms with van der Waals surface area (Å²) in [7, 11) is 1.51. The molecule has 0 aliphatic rings. The molecule has 0 aromatic heterocycles. The zero-order chi connectivity index (χ0) is 19.6. The van der Waals surface area contributed by atoms with Crippen LogP contribution in [0.2, 0.25) is 0 Å². The zero-order valence-corrected chi connectivity index (χ0v) is 15.9. The quantitative estimate of drug-likeness (QED) is 0.533. The molecule has 0 atom stereocenters. The molecule has 27 heavy (non-hydrogen) atoms. The van der Waals surface area contributed by atoms with Gasteiger partial charge in [-0.15, -0.1) is 0 Å². The van der Waals surface area contributed by atoms with E-state index in [2.05, 4.69) is 12.2 Å². The molecule has 2 aromatic rings. The van der Waals surface area contributed by atoms with Gasteiger partial charge in [-0.2, -0.15) is 0 Å². The molecule has 1 amide bonds. The van der Waals surface area contributed by atoms with Crippen LogP contribution in [-0.2, 0) is 9.53 Å². The highest BCUT2D eigenvalue weighted by Crippen LogP contribution is 2.28. The summed E-state index contributed by atoms with van der Waals surface area (Å²) in [4.78, 5) is 24.2. The average molecular weight is 371 g/mol. The number of esters is 1. The maximum absolute atomic E-state index is 12.2. The first-order valence-corrected chi connectivity index (χ1v) is 8.88. The van der Waals surface area contributed by atoms with Gasteiger partial charge in [-0.25, -0.2) is 4.79 Å². The highest BCUT2D eigenvalue weighted by atomic mass is 16.5. The molecule has 0 saturated heterocycles. The largest absolute Gasteiger partial charge is 0.493 e. The van der Waals surface area contributed by atoms with E-state index in [0.29, 0.717) is 29.4 Å². The lowest BCUT2D eigenvalue weighted by Gasteiger charge is -2.12. The highest BCUT2D eigenvalue weighted by molar-refractivity contribution is 5.96. The van der Waals surface area contributed by atoms with Crippen molar-refractivity contribution in [2.75, 3.05) is 25.6 Å². The number of nitrogens with one attached hydrogen (secondary N) is 1. The number of hydrogen-bond acceptors (Lipinski definition) is 5. The van der Waals surface area contributed by atoms with E-state index in [-0.39, 0.29) is 6.61 Å². The first-order valence-electron chi connectivity index (χ1n) is 8.88. The van der Waals surface area contributed by atoms with Crippen molar-refractivity contribution in [3.05, 3.63) is 53.6 Å². The van der Waals surface area contributed by atoms with E-state index < -0.39 is 11.9 Å². The molecule has 0 fully saturated rings. The van der Waals surface area contributed by atoms with Crippen LogP contribution in [0.15, 0.2) is 42.5 Å². The Balaban J connectivity index is 1.93. The monoisotopic (exact) mass is 371 g/mol. The topological polar surface area (TPSA) is 73.9 Å². The molecule has 1 N–H and O–H groups in total. The van der Waals surface area contributed by atoms with Crippen LogP contribution < -0.4 is 14.8 Å². The predicted octanol–water partition coefficient (Wildman–Crippen LogP) is 3.98. The van der Waals surface area contributed by atoms with Crippen molar-refractivity contribution in [1.82, 2.24) is 0 Å². The Labute approximate surface area is 159 Å². The molecule has 2 rings (SSSR count). The van der Waals surface area contributed by atoms with Crippen LogP contribution in [0.1, 0.15) is 35.7 Å². The Morgan fingerprint density at radius 2 is 1.85 bits per heavy atom. The third-order valence-corrected chi connectivity index (χ3v) is 3.91. The van der Waals surface area contributed by atoms with Gasteiger partial charge in [-0.3, -0.25) is 4.79 Å². The summed E-state index contributed by atoms with van der Waals surface area (Å²) < 4.78 is 16.0. The maximum atomic E-state index is 12.2. The van der Waals surface area contributed by atoms with Gasteiger partial charge in [0.25, 0.3) is 5.91 Å². The first-order chi connectivity index (χ1) is 13.0. The SMILES string of the molecule is CCCCOc1ccc(C(=O)OCC(=O)Nc2ccccc2C)cc1OC. The van der Waals surface area contributed by atoms with Crippen LogP contribution in [0.3, 0.4) is 0 Å². The van der Waals surface area contributed by atoms with Gasteiger partial charge in [0, 0.05) is 5.69 Å². The first kappa shape index (κ1) is 20.3. The molecule has 6 heteroatoms. The molecular formula is C21H25NO5. The average Bonchev–Trinajstić information content (AvgIpc) is 2.68. The number of ether oxygens (including phenoxy) is 3. The molecular weight excluding hydrogens is 346 g/mol. The van der Waals surface area contributed by atoms with Gasteiger partial charge >= 0.3 is 5.97 Å². The number of aryl methyl sites for hydroxylation is 1. The summed E-state index contributed by atoms with van der Waals surface area (Å²) in [6.45, 7) is 4.17. The number of methoxy groups -OCH3 is 1. The Kier molecular flexibility index (Phi) is 7.67.